The van der Waals surface area contributed by atoms with Crippen molar-refractivity contribution in [3.8, 4) is 0 Å². The molecule has 0 aromatic carbocycles. The van der Waals surface area contributed by atoms with E-state index in [0.29, 0.717) is 5.82 Å². The van der Waals surface area contributed by atoms with Gasteiger partial charge in [-0.2, -0.15) is 5.10 Å². The van der Waals surface area contributed by atoms with Crippen molar-refractivity contribution in [3.63, 3.8) is 0 Å². The lowest BCUT2D eigenvalue weighted by Gasteiger charge is -2.15. The molecule has 1 aromatic rings. The van der Waals surface area contributed by atoms with Crippen LogP contribution in [-0.2, 0) is 11.8 Å². The second-order valence-corrected chi connectivity index (χ2v) is 4.03. The van der Waals surface area contributed by atoms with E-state index in [0.717, 1.165) is 18.5 Å². The van der Waals surface area contributed by atoms with Crippen LogP contribution in [-0.4, -0.2) is 10.2 Å². The molecule has 0 radical (unpaired) electrons. The van der Waals surface area contributed by atoms with Crippen LogP contribution in [0, 0.1) is 0 Å². The molecule has 0 amide bonds. The summed E-state index contributed by atoms with van der Waals surface area (Å²) in [4.78, 5) is 0. The first-order chi connectivity index (χ1) is 5.59. The number of nitrogens with two attached hydrogens (primary N) is 1. The van der Waals surface area contributed by atoms with Gasteiger partial charge in [-0.1, -0.05) is 13.8 Å². The number of nitrogens with zero attached hydrogens (tertiary/aromatic N) is 2. The molecular formula is C9H13N3. The molecule has 0 aliphatic heterocycles. The smallest absolute Gasteiger partial charge is 0.146 e. The van der Waals surface area contributed by atoms with Gasteiger partial charge in [-0.15, -0.1) is 5.10 Å². The van der Waals surface area contributed by atoms with Gasteiger partial charge in [0, 0.05) is 5.41 Å². The molecule has 0 spiro atoms. The second kappa shape index (κ2) is 2.19. The summed E-state index contributed by atoms with van der Waals surface area (Å²) in [6.07, 6.45) is 2.24. The minimum absolute atomic E-state index is 0.191. The molecule has 0 fully saturated rings. The van der Waals surface area contributed by atoms with Gasteiger partial charge >= 0.3 is 0 Å². The maximum absolute atomic E-state index is 5.55. The summed E-state index contributed by atoms with van der Waals surface area (Å²) in [6.45, 7) is 4.40. The van der Waals surface area contributed by atoms with E-state index in [9.17, 15) is 0 Å². The van der Waals surface area contributed by atoms with Crippen LogP contribution in [0.25, 0.3) is 0 Å². The summed E-state index contributed by atoms with van der Waals surface area (Å²) >= 11 is 0. The van der Waals surface area contributed by atoms with E-state index in [1.54, 1.807) is 0 Å². The third-order valence-electron chi connectivity index (χ3n) is 2.55. The molecule has 2 N–H and O–H groups in total. The van der Waals surface area contributed by atoms with Gasteiger partial charge in [0.05, 0.1) is 5.69 Å². The quantitative estimate of drug-likeness (QED) is 0.626. The van der Waals surface area contributed by atoms with Crippen LogP contribution in [0.15, 0.2) is 6.07 Å². The van der Waals surface area contributed by atoms with Crippen molar-refractivity contribution in [2.45, 2.75) is 32.1 Å². The van der Waals surface area contributed by atoms with Crippen LogP contribution in [0.2, 0.25) is 0 Å². The number of hydrogen-bond donors (Lipinski definition) is 1. The van der Waals surface area contributed by atoms with Crippen molar-refractivity contribution in [1.82, 2.24) is 10.2 Å². The summed E-state index contributed by atoms with van der Waals surface area (Å²) < 4.78 is 0. The standard InChI is InChI=1S/C9H13N3/c1-9(2)4-3-6-5-7(10)11-12-8(6)9/h5H,3-4H2,1-2H3,(H2,10,11). The van der Waals surface area contributed by atoms with Gasteiger partial charge < -0.3 is 5.73 Å². The summed E-state index contributed by atoms with van der Waals surface area (Å²) in [7, 11) is 0. The van der Waals surface area contributed by atoms with E-state index < -0.39 is 0 Å². The van der Waals surface area contributed by atoms with Gasteiger partial charge in [0.1, 0.15) is 5.82 Å². The molecular weight excluding hydrogens is 150 g/mol. The lowest BCUT2D eigenvalue weighted by Crippen LogP contribution is -2.14. The number of hydrogen-bond acceptors (Lipinski definition) is 3. The van der Waals surface area contributed by atoms with Crippen molar-refractivity contribution in [3.05, 3.63) is 17.3 Å². The highest BCUT2D eigenvalue weighted by Gasteiger charge is 2.31. The van der Waals surface area contributed by atoms with Gasteiger partial charge in [-0.05, 0) is 24.5 Å². The van der Waals surface area contributed by atoms with Crippen molar-refractivity contribution >= 4 is 5.82 Å². The topological polar surface area (TPSA) is 51.8 Å². The summed E-state index contributed by atoms with van der Waals surface area (Å²) in [5.74, 6) is 0.534. The Balaban J connectivity index is 2.55. The molecule has 0 bridgehead atoms. The Kier molecular flexibility index (Phi) is 1.37. The maximum Gasteiger partial charge on any atom is 0.146 e. The van der Waals surface area contributed by atoms with E-state index in [4.69, 9.17) is 5.73 Å². The zero-order valence-electron chi connectivity index (χ0n) is 7.46. The first-order valence-corrected chi connectivity index (χ1v) is 4.22. The summed E-state index contributed by atoms with van der Waals surface area (Å²) in [5, 5.41) is 8.01. The normalized spacial score (nSPS) is 19.2. The predicted molar refractivity (Wildman–Crippen MR) is 47.8 cm³/mol. The van der Waals surface area contributed by atoms with Crippen LogP contribution in [0.5, 0.6) is 0 Å². The van der Waals surface area contributed by atoms with Crippen LogP contribution in [0.3, 0.4) is 0 Å². The van der Waals surface area contributed by atoms with E-state index in [2.05, 4.69) is 24.0 Å². The molecule has 0 atom stereocenters. The molecule has 2 rings (SSSR count). The van der Waals surface area contributed by atoms with Crippen LogP contribution in [0.4, 0.5) is 5.82 Å². The minimum Gasteiger partial charge on any atom is -0.382 e. The Labute approximate surface area is 72.0 Å². The number of aromatic nitrogens is 2. The zero-order chi connectivity index (χ0) is 8.77. The molecule has 3 heteroatoms. The SMILES string of the molecule is CC1(C)CCc2cc(N)nnc21. The first-order valence-electron chi connectivity index (χ1n) is 4.22. The Morgan fingerprint density at radius 2 is 2.17 bits per heavy atom. The van der Waals surface area contributed by atoms with Gasteiger partial charge in [-0.25, -0.2) is 0 Å². The highest BCUT2D eigenvalue weighted by atomic mass is 15.1. The lowest BCUT2D eigenvalue weighted by atomic mass is 9.91. The molecule has 1 aliphatic rings. The van der Waals surface area contributed by atoms with Crippen molar-refractivity contribution in [2.24, 2.45) is 0 Å². The predicted octanol–water partition coefficient (Wildman–Crippen LogP) is 1.28. The largest absolute Gasteiger partial charge is 0.382 e. The van der Waals surface area contributed by atoms with Crippen LogP contribution < -0.4 is 5.73 Å². The third kappa shape index (κ3) is 0.967. The fourth-order valence-electron chi connectivity index (χ4n) is 1.77. The average Bonchev–Trinajstić information content (AvgIpc) is 2.27. The van der Waals surface area contributed by atoms with E-state index >= 15 is 0 Å². The Bertz CT molecular complexity index is 318. The summed E-state index contributed by atoms with van der Waals surface area (Å²) in [5.41, 5.74) is 8.13. The summed E-state index contributed by atoms with van der Waals surface area (Å²) in [6, 6.07) is 1.94. The molecule has 0 saturated carbocycles. The van der Waals surface area contributed by atoms with Crippen LogP contribution in [0.1, 0.15) is 31.5 Å². The van der Waals surface area contributed by atoms with E-state index in [-0.39, 0.29) is 5.41 Å². The fraction of sp³-hybridized carbons (Fsp3) is 0.556. The number of anilines is 1. The second-order valence-electron chi connectivity index (χ2n) is 4.03. The highest BCUT2D eigenvalue weighted by molar-refractivity contribution is 5.39. The lowest BCUT2D eigenvalue weighted by molar-refractivity contribution is 0.504. The average molecular weight is 163 g/mol. The molecule has 1 aromatic heterocycles. The molecule has 1 heterocycles. The molecule has 64 valence electrons. The fourth-order valence-corrected chi connectivity index (χ4v) is 1.77. The minimum atomic E-state index is 0.191. The molecule has 1 aliphatic carbocycles. The number of rotatable bonds is 0. The third-order valence-corrected chi connectivity index (χ3v) is 2.55. The van der Waals surface area contributed by atoms with Crippen molar-refractivity contribution in [2.75, 3.05) is 5.73 Å². The van der Waals surface area contributed by atoms with Crippen molar-refractivity contribution in [1.29, 1.82) is 0 Å². The highest BCUT2D eigenvalue weighted by Crippen LogP contribution is 2.36. The Morgan fingerprint density at radius 1 is 1.42 bits per heavy atom. The molecule has 12 heavy (non-hydrogen) atoms. The van der Waals surface area contributed by atoms with E-state index in [1.165, 1.54) is 5.56 Å². The number of aryl methyl sites for hydroxylation is 1. The number of nitrogen functional groups attached to an aromatic ring is 1. The van der Waals surface area contributed by atoms with Crippen molar-refractivity contribution < 1.29 is 0 Å². The van der Waals surface area contributed by atoms with Gasteiger partial charge in [-0.3, -0.25) is 0 Å². The molecule has 0 unspecified atom stereocenters. The zero-order valence-corrected chi connectivity index (χ0v) is 7.46. The van der Waals surface area contributed by atoms with E-state index in [1.807, 2.05) is 6.07 Å². The number of fused-ring (bicyclic) bond motifs is 1. The monoisotopic (exact) mass is 163 g/mol. The maximum atomic E-state index is 5.55. The Morgan fingerprint density at radius 3 is 2.92 bits per heavy atom. The first kappa shape index (κ1) is 7.53. The van der Waals surface area contributed by atoms with Crippen LogP contribution >= 0.6 is 0 Å². The van der Waals surface area contributed by atoms with Gasteiger partial charge in [0.15, 0.2) is 0 Å². The molecule has 3 nitrogen and oxygen atoms in total. The van der Waals surface area contributed by atoms with Gasteiger partial charge in [0.25, 0.3) is 0 Å². The Hall–Kier alpha value is -1.12. The molecule has 0 saturated heterocycles. The van der Waals surface area contributed by atoms with Gasteiger partial charge in [0.2, 0.25) is 0 Å².